The number of nitrogens with zero attached hydrogens (tertiary/aromatic N) is 1. The zero-order valence-corrected chi connectivity index (χ0v) is 41.5. The number of hydrogen-bond donors (Lipinski definition) is 7. The summed E-state index contributed by atoms with van der Waals surface area (Å²) in [6.07, 6.45) is 2.55. The molecule has 4 aromatic rings. The lowest BCUT2D eigenvalue weighted by Crippen LogP contribution is -2.45. The Kier molecular flexibility index (Phi) is 24.5. The van der Waals surface area contributed by atoms with E-state index in [2.05, 4.69) is 40.1 Å². The van der Waals surface area contributed by atoms with Crippen molar-refractivity contribution in [2.75, 3.05) is 72.5 Å². The standard InChI is InChI=1S/C38H48FN3O8.C10H13NO2.C4H8N2S/c1-25(2)21-33(40-4)36(44)41-14-16-47-17-18-48-19-20-49-34-22-28-11-13-42-38(3,12-15-43)31(28)24-35(34)50-29-9-10-30(32(39)23-29)26-5-7-27(8-6-26)37(45)46;11-9(10(13)7-12)6-8-4-2-1-3-5-8;1-5-4-6-2-3-7-4/h5-10,15,22-25,33,40,42H,11-14,16-21H2,1-4H3,(H,41,44)(H,45,46);1-5,7,9-10,13H,6,11H2;2-3H2,1H3,(H,5,6)/t33?,38-;;/m1../s1. The van der Waals surface area contributed by atoms with Crippen LogP contribution in [0.5, 0.6) is 17.2 Å². The molecule has 1 saturated heterocycles. The number of benzene rings is 4. The van der Waals surface area contributed by atoms with Crippen molar-refractivity contribution >= 4 is 41.4 Å². The van der Waals surface area contributed by atoms with Gasteiger partial charge in [0.1, 0.15) is 36.8 Å². The van der Waals surface area contributed by atoms with Gasteiger partial charge in [0.05, 0.1) is 38.0 Å². The third-order valence-corrected chi connectivity index (χ3v) is 12.3. The second-order valence-electron chi connectivity index (χ2n) is 17.1. The first-order chi connectivity index (χ1) is 33.7. The number of nitrogens with two attached hydrogens (primary N) is 1. The van der Waals surface area contributed by atoms with Crippen LogP contribution in [0.4, 0.5) is 4.39 Å². The van der Waals surface area contributed by atoms with E-state index in [1.807, 2.05) is 49.4 Å². The zero-order chi connectivity index (χ0) is 50.9. The van der Waals surface area contributed by atoms with Gasteiger partial charge in [-0.3, -0.25) is 9.79 Å². The van der Waals surface area contributed by atoms with E-state index in [9.17, 15) is 19.2 Å². The molecule has 2 aliphatic rings. The summed E-state index contributed by atoms with van der Waals surface area (Å²) < 4.78 is 38.9. The number of carbonyl (C=O) groups is 4. The average molecular weight is 989 g/mol. The molecule has 0 bridgehead atoms. The Hall–Kier alpha value is -5.73. The molecule has 4 aromatic carbocycles. The van der Waals surface area contributed by atoms with E-state index < -0.39 is 29.5 Å². The van der Waals surface area contributed by atoms with Crippen LogP contribution in [0.25, 0.3) is 11.1 Å². The smallest absolute Gasteiger partial charge is 0.335 e. The molecule has 6 rings (SSSR count). The van der Waals surface area contributed by atoms with Gasteiger partial charge in [0, 0.05) is 62.1 Å². The number of halogens is 1. The van der Waals surface area contributed by atoms with Crippen LogP contribution >= 0.6 is 11.8 Å². The number of rotatable bonds is 24. The van der Waals surface area contributed by atoms with Gasteiger partial charge in [-0.2, -0.15) is 0 Å². The van der Waals surface area contributed by atoms with Gasteiger partial charge in [-0.15, -0.1) is 0 Å². The molecule has 8 N–H and O–H groups in total. The van der Waals surface area contributed by atoms with Gasteiger partial charge in [-0.05, 0) is 97.8 Å². The summed E-state index contributed by atoms with van der Waals surface area (Å²) in [5.41, 5.74) is 8.87. The molecule has 4 atom stereocenters. The molecule has 3 unspecified atom stereocenters. The highest BCUT2D eigenvalue weighted by Gasteiger charge is 2.33. The summed E-state index contributed by atoms with van der Waals surface area (Å²) in [4.78, 5) is 49.2. The molecule has 1 fully saturated rings. The molecular formula is C52H69FN6O10S. The van der Waals surface area contributed by atoms with Gasteiger partial charge in [0.2, 0.25) is 5.91 Å². The maximum absolute atomic E-state index is 15.3. The molecule has 380 valence electrons. The predicted octanol–water partition coefficient (Wildman–Crippen LogP) is 5.52. The molecule has 70 heavy (non-hydrogen) atoms. The summed E-state index contributed by atoms with van der Waals surface area (Å²) >= 11 is 1.78. The Balaban J connectivity index is 0.000000436. The van der Waals surface area contributed by atoms with Crippen LogP contribution < -0.4 is 36.5 Å². The van der Waals surface area contributed by atoms with Gasteiger partial charge < -0.3 is 65.8 Å². The highest BCUT2D eigenvalue weighted by molar-refractivity contribution is 8.14. The molecule has 1 amide bonds. The number of aliphatic imine (C=N–C) groups is 1. The molecule has 0 aliphatic carbocycles. The van der Waals surface area contributed by atoms with E-state index in [1.165, 1.54) is 24.0 Å². The maximum atomic E-state index is 15.3. The molecule has 16 nitrogen and oxygen atoms in total. The zero-order valence-electron chi connectivity index (χ0n) is 40.7. The number of nitrogens with one attached hydrogen (secondary N) is 4. The van der Waals surface area contributed by atoms with Gasteiger partial charge in [0.15, 0.2) is 16.7 Å². The minimum atomic E-state index is -1.07. The molecule has 0 saturated carbocycles. The third-order valence-electron chi connectivity index (χ3n) is 11.3. The van der Waals surface area contributed by atoms with Crippen molar-refractivity contribution in [2.24, 2.45) is 16.6 Å². The Bertz CT molecular complexity index is 2280. The molecule has 18 heteroatoms. The number of aldehydes is 2. The molecular weight excluding hydrogens is 920 g/mol. The predicted molar refractivity (Wildman–Crippen MR) is 272 cm³/mol. The van der Waals surface area contributed by atoms with Gasteiger partial charge in [0.25, 0.3) is 0 Å². The number of carboxylic acid groups (broad SMARTS) is 1. The van der Waals surface area contributed by atoms with Crippen molar-refractivity contribution in [3.05, 3.63) is 113 Å². The molecule has 2 aliphatic heterocycles. The average Bonchev–Trinajstić information content (AvgIpc) is 3.89. The number of carboxylic acids is 1. The largest absolute Gasteiger partial charge is 0.487 e. The lowest BCUT2D eigenvalue weighted by atomic mass is 9.81. The van der Waals surface area contributed by atoms with E-state index in [1.54, 1.807) is 50.1 Å². The van der Waals surface area contributed by atoms with Gasteiger partial charge >= 0.3 is 5.97 Å². The number of aliphatic hydroxyl groups excluding tert-OH is 1. The Morgan fingerprint density at radius 1 is 0.957 bits per heavy atom. The first kappa shape index (κ1) is 56.9. The van der Waals surface area contributed by atoms with Crippen LogP contribution in [-0.4, -0.2) is 131 Å². The fraction of sp³-hybridized carbons (Fsp3) is 0.442. The summed E-state index contributed by atoms with van der Waals surface area (Å²) in [6.45, 7) is 9.87. The van der Waals surface area contributed by atoms with E-state index >= 15 is 4.39 Å². The van der Waals surface area contributed by atoms with Gasteiger partial charge in [-0.25, -0.2) is 9.18 Å². The Labute approximate surface area is 414 Å². The number of hydrogen-bond acceptors (Lipinski definition) is 14. The number of thioether (sulfide) groups is 1. The summed E-state index contributed by atoms with van der Waals surface area (Å²) in [5, 5.41) is 31.8. The summed E-state index contributed by atoms with van der Waals surface area (Å²) in [6, 6.07) is 23.0. The van der Waals surface area contributed by atoms with Crippen molar-refractivity contribution in [3.63, 3.8) is 0 Å². The third kappa shape index (κ3) is 18.5. The van der Waals surface area contributed by atoms with Crippen LogP contribution in [0.1, 0.15) is 60.7 Å². The first-order valence-corrected chi connectivity index (χ1v) is 24.4. The maximum Gasteiger partial charge on any atom is 0.335 e. The minimum absolute atomic E-state index is 0.0414. The highest BCUT2D eigenvalue weighted by Crippen LogP contribution is 2.41. The van der Waals surface area contributed by atoms with Crippen molar-refractivity contribution in [2.45, 2.75) is 70.2 Å². The lowest BCUT2D eigenvalue weighted by Gasteiger charge is -2.36. The van der Waals surface area contributed by atoms with Crippen molar-refractivity contribution in [1.82, 2.24) is 21.3 Å². The Morgan fingerprint density at radius 3 is 2.27 bits per heavy atom. The summed E-state index contributed by atoms with van der Waals surface area (Å²) in [7, 11) is 3.59. The van der Waals surface area contributed by atoms with Crippen LogP contribution in [-0.2, 0) is 42.2 Å². The topological polar surface area (TPSA) is 232 Å². The lowest BCUT2D eigenvalue weighted by molar-refractivity contribution is -0.123. The number of amides is 1. The normalized spacial score (nSPS) is 16.8. The van der Waals surface area contributed by atoms with E-state index in [0.29, 0.717) is 74.2 Å². The van der Waals surface area contributed by atoms with Crippen LogP contribution in [0.3, 0.4) is 0 Å². The monoisotopic (exact) mass is 988 g/mol. The van der Waals surface area contributed by atoms with Crippen LogP contribution in [0.2, 0.25) is 0 Å². The SMILES string of the molecule is CN=C1NCCS1.CNC(CC(C)C)C(=O)NCCOCCOCCOc1cc2c(cc1Oc1ccc(-c3ccc(C(=O)O)cc3)c(F)c1)[C@@](C)(CC=O)NCC2.NC(Cc1ccccc1)C(O)C=O. The van der Waals surface area contributed by atoms with Gasteiger partial charge in [-0.1, -0.05) is 68.1 Å². The second kappa shape index (κ2) is 30.1. The van der Waals surface area contributed by atoms with E-state index in [-0.39, 0.29) is 42.9 Å². The van der Waals surface area contributed by atoms with E-state index in [0.717, 1.165) is 47.5 Å². The number of carbonyl (C=O) groups excluding carboxylic acids is 3. The van der Waals surface area contributed by atoms with Crippen molar-refractivity contribution in [3.8, 4) is 28.4 Å². The van der Waals surface area contributed by atoms with E-state index in [4.69, 9.17) is 34.9 Å². The highest BCUT2D eigenvalue weighted by atomic mass is 32.2. The number of aliphatic hydroxyl groups is 1. The quantitative estimate of drug-likeness (QED) is 0.0339. The first-order valence-electron chi connectivity index (χ1n) is 23.4. The number of amidine groups is 1. The summed E-state index contributed by atoms with van der Waals surface area (Å²) in [5.74, 6) is 1.01. The fourth-order valence-electron chi connectivity index (χ4n) is 7.48. The Morgan fingerprint density at radius 2 is 1.67 bits per heavy atom. The number of aromatic carboxylic acids is 1. The van der Waals surface area contributed by atoms with Crippen molar-refractivity contribution < 1.29 is 52.7 Å². The fourth-order valence-corrected chi connectivity index (χ4v) is 8.21. The second-order valence-corrected chi connectivity index (χ2v) is 18.2. The van der Waals surface area contributed by atoms with Crippen LogP contribution in [0, 0.1) is 11.7 Å². The minimum Gasteiger partial charge on any atom is -0.487 e. The molecule has 0 spiro atoms. The molecule has 0 aromatic heterocycles. The molecule has 2 heterocycles. The van der Waals surface area contributed by atoms with Crippen LogP contribution in [0.15, 0.2) is 89.9 Å². The molecule has 0 radical (unpaired) electrons. The van der Waals surface area contributed by atoms with Crippen molar-refractivity contribution in [1.29, 1.82) is 0 Å². The number of likely N-dealkylation sites (N-methyl/N-ethyl adjacent to an activating group) is 1. The number of fused-ring (bicyclic) bond motifs is 1. The number of ether oxygens (including phenoxy) is 4.